The molecule has 0 unspecified atom stereocenters. The Morgan fingerprint density at radius 3 is 2.53 bits per heavy atom. The second kappa shape index (κ2) is 7.71. The summed E-state index contributed by atoms with van der Waals surface area (Å²) in [7, 11) is 1.62. The van der Waals surface area contributed by atoms with Crippen molar-refractivity contribution in [3.63, 3.8) is 0 Å². The highest BCUT2D eigenvalue weighted by Crippen LogP contribution is 2.51. The number of aryl methyl sites for hydroxylation is 1. The van der Waals surface area contributed by atoms with Crippen LogP contribution in [0.25, 0.3) is 11.1 Å². The van der Waals surface area contributed by atoms with Crippen LogP contribution in [0.1, 0.15) is 37.2 Å². The molecule has 0 bridgehead atoms. The first-order valence-corrected chi connectivity index (χ1v) is 10.6. The largest absolute Gasteiger partial charge is 0.454 e. The van der Waals surface area contributed by atoms with Crippen molar-refractivity contribution in [3.8, 4) is 22.6 Å². The molecule has 5 rings (SSSR count). The molecule has 166 valence electrons. The second-order valence-electron chi connectivity index (χ2n) is 8.29. The van der Waals surface area contributed by atoms with Crippen molar-refractivity contribution in [1.29, 1.82) is 0 Å². The highest BCUT2D eigenvalue weighted by molar-refractivity contribution is 6.02. The van der Waals surface area contributed by atoms with E-state index in [0.717, 1.165) is 46.5 Å². The van der Waals surface area contributed by atoms with E-state index in [1.807, 2.05) is 61.5 Å². The van der Waals surface area contributed by atoms with E-state index < -0.39 is 5.41 Å². The van der Waals surface area contributed by atoms with Crippen LogP contribution >= 0.6 is 0 Å². The lowest BCUT2D eigenvalue weighted by Gasteiger charge is -2.17. The topological polar surface area (TPSA) is 76.7 Å². The molecule has 0 aromatic heterocycles. The van der Waals surface area contributed by atoms with Gasteiger partial charge in [-0.15, -0.1) is 0 Å². The smallest absolute Gasteiger partial charge is 0.251 e. The Bertz CT molecular complexity index is 1240. The van der Waals surface area contributed by atoms with E-state index in [2.05, 4.69) is 10.6 Å². The van der Waals surface area contributed by atoms with Gasteiger partial charge in [0.2, 0.25) is 12.7 Å². The van der Waals surface area contributed by atoms with Gasteiger partial charge in [0.25, 0.3) is 5.91 Å². The van der Waals surface area contributed by atoms with Crippen molar-refractivity contribution in [1.82, 2.24) is 5.32 Å². The Kier molecular flexibility index (Phi) is 4.85. The summed E-state index contributed by atoms with van der Waals surface area (Å²) >= 11 is 0. The minimum absolute atomic E-state index is 0. The van der Waals surface area contributed by atoms with Crippen LogP contribution in [0.4, 0.5) is 5.69 Å². The number of nitrogens with one attached hydrogen (secondary N) is 2. The number of anilines is 1. The van der Waals surface area contributed by atoms with E-state index in [9.17, 15) is 9.59 Å². The molecule has 2 N–H and O–H groups in total. The van der Waals surface area contributed by atoms with Crippen molar-refractivity contribution in [2.24, 2.45) is 0 Å². The van der Waals surface area contributed by atoms with Crippen LogP contribution in [0.2, 0.25) is 0 Å². The fraction of sp³-hybridized carbons (Fsp3) is 0.231. The molecule has 1 fully saturated rings. The first kappa shape index (κ1) is 20.1. The quantitative estimate of drug-likeness (QED) is 0.600. The number of carbonyl (C=O) groups is 2. The maximum atomic E-state index is 13.2. The van der Waals surface area contributed by atoms with Crippen LogP contribution in [0.5, 0.6) is 11.5 Å². The summed E-state index contributed by atoms with van der Waals surface area (Å²) in [6.45, 7) is 2.22. The van der Waals surface area contributed by atoms with Crippen LogP contribution in [0.15, 0.2) is 60.7 Å². The van der Waals surface area contributed by atoms with Crippen LogP contribution in [-0.4, -0.2) is 25.7 Å². The molecule has 1 aliphatic heterocycles. The zero-order valence-corrected chi connectivity index (χ0v) is 18.0. The number of carbonyl (C=O) groups excluding carboxylic acids is 2. The van der Waals surface area contributed by atoms with Gasteiger partial charge in [0, 0.05) is 21.2 Å². The minimum Gasteiger partial charge on any atom is -0.454 e. The van der Waals surface area contributed by atoms with Crippen LogP contribution in [0.3, 0.4) is 0 Å². The lowest BCUT2D eigenvalue weighted by Crippen LogP contribution is -2.27. The van der Waals surface area contributed by atoms with E-state index in [0.29, 0.717) is 11.3 Å². The third-order valence-corrected chi connectivity index (χ3v) is 6.26. The molecule has 32 heavy (non-hydrogen) atoms. The van der Waals surface area contributed by atoms with Gasteiger partial charge in [0.15, 0.2) is 11.5 Å². The van der Waals surface area contributed by atoms with Crippen molar-refractivity contribution < 1.29 is 21.9 Å². The molecule has 6 heteroatoms. The number of amides is 2. The Morgan fingerprint density at radius 2 is 1.78 bits per heavy atom. The third kappa shape index (κ3) is 3.47. The average Bonchev–Trinajstić information content (AvgIpc) is 3.49. The van der Waals surface area contributed by atoms with Crippen molar-refractivity contribution in [2.45, 2.75) is 25.2 Å². The molecule has 1 saturated carbocycles. The summed E-state index contributed by atoms with van der Waals surface area (Å²) in [5.74, 6) is 1.29. The number of hydrogen-bond acceptors (Lipinski definition) is 4. The zero-order valence-electron chi connectivity index (χ0n) is 18.0. The molecular weight excluding hydrogens is 404 g/mol. The van der Waals surface area contributed by atoms with Gasteiger partial charge in [-0.05, 0) is 78.4 Å². The summed E-state index contributed by atoms with van der Waals surface area (Å²) in [5.41, 5.74) is 4.80. The summed E-state index contributed by atoms with van der Waals surface area (Å²) in [4.78, 5) is 25.2. The normalized spacial score (nSPS) is 15.2. The fourth-order valence-electron chi connectivity index (χ4n) is 4.25. The molecule has 1 aliphatic carbocycles. The molecule has 0 saturated heterocycles. The van der Waals surface area contributed by atoms with E-state index in [-0.39, 0.29) is 21.5 Å². The molecule has 1 heterocycles. The first-order chi connectivity index (χ1) is 15.5. The van der Waals surface area contributed by atoms with Gasteiger partial charge in [-0.1, -0.05) is 24.3 Å². The van der Waals surface area contributed by atoms with Gasteiger partial charge in [-0.2, -0.15) is 0 Å². The first-order valence-electron chi connectivity index (χ1n) is 10.6. The van der Waals surface area contributed by atoms with E-state index in [4.69, 9.17) is 9.47 Å². The van der Waals surface area contributed by atoms with Gasteiger partial charge in [0.1, 0.15) is 0 Å². The molecule has 6 nitrogen and oxygen atoms in total. The van der Waals surface area contributed by atoms with E-state index >= 15 is 0 Å². The molecule has 3 aromatic carbocycles. The summed E-state index contributed by atoms with van der Waals surface area (Å²) in [5, 5.41) is 5.75. The Labute approximate surface area is 189 Å². The summed E-state index contributed by atoms with van der Waals surface area (Å²) < 4.78 is 10.9. The second-order valence-corrected chi connectivity index (χ2v) is 8.29. The molecule has 0 radical (unpaired) electrons. The molecule has 0 atom stereocenters. The van der Waals surface area contributed by atoms with Crippen LogP contribution < -0.4 is 20.1 Å². The van der Waals surface area contributed by atoms with Gasteiger partial charge in [-0.3, -0.25) is 9.59 Å². The monoisotopic (exact) mass is 432 g/mol. The fourth-order valence-corrected chi connectivity index (χ4v) is 4.25. The highest BCUT2D eigenvalue weighted by atomic mass is 16.7. The Morgan fingerprint density at radius 1 is 0.969 bits per heavy atom. The maximum Gasteiger partial charge on any atom is 0.251 e. The molecule has 0 spiro atoms. The minimum atomic E-state index is -0.518. The number of benzene rings is 3. The third-order valence-electron chi connectivity index (χ3n) is 6.26. The van der Waals surface area contributed by atoms with Crippen LogP contribution in [0, 0.1) is 6.92 Å². The highest BCUT2D eigenvalue weighted by Gasteiger charge is 2.51. The van der Waals surface area contributed by atoms with E-state index in [1.54, 1.807) is 13.1 Å². The SMILES string of the molecule is CNC(=O)c1cccc(-c2ccc(NC(=O)C3(c4ccc5c(c4)OCO5)CC3)cc2C)c1.[HH].[HH]. The number of rotatable bonds is 5. The van der Waals surface area contributed by atoms with Crippen molar-refractivity contribution in [2.75, 3.05) is 19.2 Å². The van der Waals surface area contributed by atoms with Crippen LogP contribution in [-0.2, 0) is 10.2 Å². The number of hydrogen-bond donors (Lipinski definition) is 2. The predicted octanol–water partition coefficient (Wildman–Crippen LogP) is 4.91. The maximum absolute atomic E-state index is 13.2. The van der Waals surface area contributed by atoms with Gasteiger partial charge in [0.05, 0.1) is 5.41 Å². The van der Waals surface area contributed by atoms with Gasteiger partial charge < -0.3 is 20.1 Å². The van der Waals surface area contributed by atoms with Gasteiger partial charge in [-0.25, -0.2) is 0 Å². The van der Waals surface area contributed by atoms with Crippen molar-refractivity contribution in [3.05, 3.63) is 77.4 Å². The molecule has 2 amide bonds. The predicted molar refractivity (Wildman–Crippen MR) is 126 cm³/mol. The summed E-state index contributed by atoms with van der Waals surface area (Å²) in [6.07, 6.45) is 1.61. The average molecular weight is 433 g/mol. The van der Waals surface area contributed by atoms with E-state index in [1.165, 1.54) is 0 Å². The lowest BCUT2D eigenvalue weighted by molar-refractivity contribution is -0.118. The van der Waals surface area contributed by atoms with Gasteiger partial charge >= 0.3 is 0 Å². The lowest BCUT2D eigenvalue weighted by atomic mass is 9.94. The summed E-state index contributed by atoms with van der Waals surface area (Å²) in [6, 6.07) is 19.1. The molecular formula is C26H28N2O4. The van der Waals surface area contributed by atoms with Crippen molar-refractivity contribution >= 4 is 17.5 Å². The number of ether oxygens (including phenoxy) is 2. The Balaban J connectivity index is 0.00000162. The Hall–Kier alpha value is -3.80. The number of fused-ring (bicyclic) bond motifs is 1. The zero-order chi connectivity index (χ0) is 22.3. The molecule has 2 aliphatic rings. The molecule has 3 aromatic rings. The standard InChI is InChI=1S/C26H24N2O4.2H2/c1-16-12-20(7-8-21(16)17-4-3-5-18(13-17)24(29)27-2)28-25(30)26(10-11-26)19-6-9-22-23(14-19)32-15-31-22;;/h3-9,12-14H,10-11,15H2,1-2H3,(H,27,29)(H,28,30);2*1H.